The quantitative estimate of drug-likeness (QED) is 0.227. The van der Waals surface area contributed by atoms with Crippen LogP contribution >= 0.6 is 0 Å². The third-order valence-corrected chi connectivity index (χ3v) is 23.0. The summed E-state index contributed by atoms with van der Waals surface area (Å²) in [6.45, 7) is 0. The Hall–Kier alpha value is 0. The molecule has 0 heterocycles. The van der Waals surface area contributed by atoms with Crippen molar-refractivity contribution in [2.45, 2.75) is 591 Å². The molecule has 23 aliphatic rings. The first-order chi connectivity index (χ1) is 46.0. The lowest BCUT2D eigenvalue weighted by Crippen LogP contribution is -1.85. The SMILES string of the molecule is C1CCC1.C1CCC1.C1CCC1.C1CCC1.C1CCC1.C1CCC1.C1CCC1.C1CCC1.C1CCC1.C1CCC1.C1CCC1.C1CCC1.C1CCC1.C1CCC1.C1CCC1.C1CCC1.C1CCC1.C1CCC1.C1CCC1.C1CCC1.C1CCC1.C1CCC1.C1CCC1. The Labute approximate surface area is 587 Å². The molecule has 0 nitrogen and oxygen atoms in total. The van der Waals surface area contributed by atoms with Crippen molar-refractivity contribution in [1.29, 1.82) is 0 Å². The minimum Gasteiger partial charge on any atom is -0.0533 e. The van der Waals surface area contributed by atoms with E-state index in [1.54, 1.807) is 0 Å². The standard InChI is InChI=1S/23C4H8/c23*1-2-4-3-1/h23*1-4H2. The molecule has 23 rings (SSSR count). The normalized spacial score (nSPS) is 24.0. The topological polar surface area (TPSA) is 0 Å². The van der Waals surface area contributed by atoms with Crippen LogP contribution in [0, 0.1) is 0 Å². The first-order valence-electron chi connectivity index (χ1n) is 46.0. The second-order valence-electron chi connectivity index (χ2n) is 32.5. The maximum Gasteiger partial charge on any atom is -0.0533 e. The summed E-state index contributed by atoms with van der Waals surface area (Å²) >= 11 is 0. The lowest BCUT2D eigenvalue weighted by Gasteiger charge is -2.05. The van der Waals surface area contributed by atoms with Crippen LogP contribution in [0.25, 0.3) is 0 Å². The first kappa shape index (κ1) is 90.0. The fourth-order valence-electron chi connectivity index (χ4n) is 5.75. The zero-order valence-electron chi connectivity index (χ0n) is 65.1. The smallest absolute Gasteiger partial charge is 0.0533 e. The Morgan fingerprint density at radius 3 is 0.0326 bits per heavy atom. The van der Waals surface area contributed by atoms with Gasteiger partial charge in [0.1, 0.15) is 0 Å². The maximum atomic E-state index is 1.50. The molecular formula is C92H184. The minimum absolute atomic E-state index is 1.50. The number of hydrogen-bond donors (Lipinski definition) is 0. The predicted octanol–water partition coefficient (Wildman–Crippen LogP) is 35.9. The van der Waals surface area contributed by atoms with Crippen molar-refractivity contribution in [1.82, 2.24) is 0 Å². The van der Waals surface area contributed by atoms with E-state index in [2.05, 4.69) is 0 Å². The van der Waals surface area contributed by atoms with Gasteiger partial charge in [-0.25, -0.2) is 0 Å². The Kier molecular flexibility index (Phi) is 85.2. The molecule has 0 atom stereocenters. The van der Waals surface area contributed by atoms with Gasteiger partial charge < -0.3 is 0 Å². The average molecular weight is 1290 g/mol. The fourth-order valence-corrected chi connectivity index (χ4v) is 5.75. The molecule has 0 radical (unpaired) electrons. The van der Waals surface area contributed by atoms with Gasteiger partial charge in [0.2, 0.25) is 0 Å². The van der Waals surface area contributed by atoms with Gasteiger partial charge in [-0.05, 0) is 0 Å². The van der Waals surface area contributed by atoms with Gasteiger partial charge in [-0.3, -0.25) is 0 Å². The van der Waals surface area contributed by atoms with Crippen molar-refractivity contribution in [3.8, 4) is 0 Å². The van der Waals surface area contributed by atoms with Crippen LogP contribution in [-0.4, -0.2) is 0 Å². The van der Waals surface area contributed by atoms with Crippen LogP contribution in [0.4, 0.5) is 0 Å². The largest absolute Gasteiger partial charge is 0.0533 e. The van der Waals surface area contributed by atoms with Crippen molar-refractivity contribution in [2.75, 3.05) is 0 Å². The van der Waals surface area contributed by atoms with Crippen molar-refractivity contribution < 1.29 is 0 Å². The molecule has 0 saturated heterocycles. The van der Waals surface area contributed by atoms with Crippen molar-refractivity contribution in [2.24, 2.45) is 0 Å². The van der Waals surface area contributed by atoms with Crippen LogP contribution in [0.5, 0.6) is 0 Å². The summed E-state index contributed by atoms with van der Waals surface area (Å²) < 4.78 is 0. The van der Waals surface area contributed by atoms with E-state index in [1.165, 1.54) is 591 Å². The van der Waals surface area contributed by atoms with Crippen molar-refractivity contribution in [3.05, 3.63) is 0 Å². The lowest BCUT2D eigenvalue weighted by atomic mass is 10.0. The molecule has 552 valence electrons. The molecule has 0 aromatic carbocycles. The predicted molar refractivity (Wildman–Crippen MR) is 425 cm³/mol. The molecule has 23 aliphatic carbocycles. The summed E-state index contributed by atoms with van der Waals surface area (Å²) in [6.07, 6.45) is 138. The molecule has 0 spiro atoms. The minimum atomic E-state index is 1.50. The average Bonchev–Trinajstić information content (AvgIpc) is 2.97. The molecular weight excluding hydrogens is 1110 g/mol. The van der Waals surface area contributed by atoms with E-state index < -0.39 is 0 Å². The molecule has 0 aliphatic heterocycles. The highest BCUT2D eigenvalue weighted by molar-refractivity contribution is 4.59. The Bertz CT molecular complexity index is 600. The summed E-state index contributed by atoms with van der Waals surface area (Å²) in [6, 6.07) is 0. The van der Waals surface area contributed by atoms with Crippen LogP contribution in [0.15, 0.2) is 0 Å². The monoisotopic (exact) mass is 1290 g/mol. The zero-order chi connectivity index (χ0) is 65.1. The van der Waals surface area contributed by atoms with E-state index in [1.807, 2.05) is 0 Å². The van der Waals surface area contributed by atoms with Gasteiger partial charge in [0.15, 0.2) is 0 Å². The van der Waals surface area contributed by atoms with Gasteiger partial charge >= 0.3 is 0 Å². The van der Waals surface area contributed by atoms with Crippen molar-refractivity contribution >= 4 is 0 Å². The van der Waals surface area contributed by atoms with Crippen LogP contribution in [-0.2, 0) is 0 Å². The third kappa shape index (κ3) is 84.2. The van der Waals surface area contributed by atoms with E-state index in [4.69, 9.17) is 0 Å². The van der Waals surface area contributed by atoms with E-state index in [9.17, 15) is 0 Å². The third-order valence-electron chi connectivity index (χ3n) is 23.0. The highest BCUT2D eigenvalue weighted by Gasteiger charge is 2.04. The van der Waals surface area contributed by atoms with Gasteiger partial charge in [0.25, 0.3) is 0 Å². The van der Waals surface area contributed by atoms with Gasteiger partial charge in [-0.1, -0.05) is 591 Å². The zero-order valence-corrected chi connectivity index (χ0v) is 65.1. The molecule has 0 unspecified atom stereocenters. The second kappa shape index (κ2) is 87.1. The van der Waals surface area contributed by atoms with Crippen molar-refractivity contribution in [3.63, 3.8) is 0 Å². The van der Waals surface area contributed by atoms with Gasteiger partial charge in [-0.15, -0.1) is 0 Å². The summed E-state index contributed by atoms with van der Waals surface area (Å²) in [7, 11) is 0. The lowest BCUT2D eigenvalue weighted by molar-refractivity contribution is 0.504. The molecule has 0 N–H and O–H groups in total. The number of rotatable bonds is 0. The van der Waals surface area contributed by atoms with Crippen LogP contribution in [0.2, 0.25) is 0 Å². The van der Waals surface area contributed by atoms with E-state index >= 15 is 0 Å². The Balaban J connectivity index is 0.000000481. The maximum absolute atomic E-state index is 1.50. The molecule has 23 saturated carbocycles. The van der Waals surface area contributed by atoms with E-state index in [0.29, 0.717) is 0 Å². The fraction of sp³-hybridized carbons (Fsp3) is 1.00. The summed E-state index contributed by atoms with van der Waals surface area (Å²) in [4.78, 5) is 0. The molecule has 0 bridgehead atoms. The molecule has 0 aromatic rings. The Morgan fingerprint density at radius 2 is 0.0326 bits per heavy atom. The van der Waals surface area contributed by atoms with Crippen LogP contribution < -0.4 is 0 Å². The second-order valence-corrected chi connectivity index (χ2v) is 32.5. The molecule has 0 amide bonds. The molecule has 0 heteroatoms. The highest BCUT2D eigenvalue weighted by Crippen LogP contribution is 2.23. The first-order valence-corrected chi connectivity index (χ1v) is 46.0. The van der Waals surface area contributed by atoms with Crippen LogP contribution in [0.1, 0.15) is 591 Å². The Morgan fingerprint density at radius 1 is 0.0217 bits per heavy atom. The molecule has 23 fully saturated rings. The molecule has 0 aromatic heterocycles. The van der Waals surface area contributed by atoms with Gasteiger partial charge in [0, 0.05) is 0 Å². The molecule has 92 heavy (non-hydrogen) atoms. The van der Waals surface area contributed by atoms with Gasteiger partial charge in [-0.2, -0.15) is 0 Å². The highest BCUT2D eigenvalue weighted by atomic mass is 14.1. The van der Waals surface area contributed by atoms with Gasteiger partial charge in [0.05, 0.1) is 0 Å². The summed E-state index contributed by atoms with van der Waals surface area (Å²) in [5.41, 5.74) is 0. The number of hydrogen-bond acceptors (Lipinski definition) is 0. The summed E-state index contributed by atoms with van der Waals surface area (Å²) in [5.74, 6) is 0. The summed E-state index contributed by atoms with van der Waals surface area (Å²) in [5, 5.41) is 0. The van der Waals surface area contributed by atoms with E-state index in [0.717, 1.165) is 0 Å². The van der Waals surface area contributed by atoms with Crippen LogP contribution in [0.3, 0.4) is 0 Å². The van der Waals surface area contributed by atoms with E-state index in [-0.39, 0.29) is 0 Å².